The van der Waals surface area contributed by atoms with Gasteiger partial charge in [0.25, 0.3) is 5.56 Å². The van der Waals surface area contributed by atoms with Crippen LogP contribution in [-0.2, 0) is 11.3 Å². The van der Waals surface area contributed by atoms with Gasteiger partial charge in [-0.1, -0.05) is 17.3 Å². The van der Waals surface area contributed by atoms with Crippen molar-refractivity contribution in [2.24, 2.45) is 0 Å². The van der Waals surface area contributed by atoms with Gasteiger partial charge in [-0.05, 0) is 26.0 Å². The van der Waals surface area contributed by atoms with E-state index in [2.05, 4.69) is 20.6 Å². The third-order valence-electron chi connectivity index (χ3n) is 3.20. The van der Waals surface area contributed by atoms with Crippen molar-refractivity contribution >= 4 is 33.3 Å². The van der Waals surface area contributed by atoms with Crippen molar-refractivity contribution in [1.82, 2.24) is 20.0 Å². The van der Waals surface area contributed by atoms with E-state index in [0.29, 0.717) is 16.0 Å². The Balaban J connectivity index is 1.82. The Labute approximate surface area is 129 Å². The lowest BCUT2D eigenvalue weighted by Gasteiger charge is -2.04. The van der Waals surface area contributed by atoms with E-state index in [-0.39, 0.29) is 18.0 Å². The van der Waals surface area contributed by atoms with Crippen molar-refractivity contribution in [3.05, 3.63) is 45.2 Å². The van der Waals surface area contributed by atoms with Gasteiger partial charge < -0.3 is 5.32 Å². The van der Waals surface area contributed by atoms with Gasteiger partial charge >= 0.3 is 0 Å². The summed E-state index contributed by atoms with van der Waals surface area (Å²) in [6, 6.07) is 6.89. The highest BCUT2D eigenvalue weighted by Crippen LogP contribution is 2.20. The number of fused-ring (bicyclic) bond motifs is 1. The average Bonchev–Trinajstić information content (AvgIpc) is 2.80. The van der Waals surface area contributed by atoms with Crippen LogP contribution in [0.25, 0.3) is 10.9 Å². The molecule has 112 valence electrons. The molecule has 2 aromatic heterocycles. The summed E-state index contributed by atoms with van der Waals surface area (Å²) in [4.78, 5) is 29.5. The monoisotopic (exact) mass is 315 g/mol. The Kier molecular flexibility index (Phi) is 3.68. The van der Waals surface area contributed by atoms with Crippen LogP contribution in [-0.4, -0.2) is 25.9 Å². The van der Waals surface area contributed by atoms with Crippen molar-refractivity contribution in [2.75, 3.05) is 5.32 Å². The van der Waals surface area contributed by atoms with Crippen LogP contribution in [0.3, 0.4) is 0 Å². The van der Waals surface area contributed by atoms with E-state index in [1.54, 1.807) is 24.3 Å². The van der Waals surface area contributed by atoms with Crippen molar-refractivity contribution in [2.45, 2.75) is 20.4 Å². The number of amides is 1. The SMILES string of the molecule is Cc1nc(NC(=O)Cn2nnc3ccccc3c2=O)sc1C. The summed E-state index contributed by atoms with van der Waals surface area (Å²) >= 11 is 1.39. The Hall–Kier alpha value is -2.61. The zero-order chi connectivity index (χ0) is 15.7. The van der Waals surface area contributed by atoms with Crippen molar-refractivity contribution in [1.29, 1.82) is 0 Å². The number of hydrogen-bond donors (Lipinski definition) is 1. The predicted molar refractivity (Wildman–Crippen MR) is 84.0 cm³/mol. The van der Waals surface area contributed by atoms with Crippen molar-refractivity contribution < 1.29 is 4.79 Å². The largest absolute Gasteiger partial charge is 0.300 e. The Morgan fingerprint density at radius 1 is 1.32 bits per heavy atom. The summed E-state index contributed by atoms with van der Waals surface area (Å²) in [6.45, 7) is 3.61. The fraction of sp³-hybridized carbons (Fsp3) is 0.214. The summed E-state index contributed by atoms with van der Waals surface area (Å²) in [5.41, 5.74) is 1.05. The molecular formula is C14H13N5O2S. The smallest absolute Gasteiger partial charge is 0.278 e. The van der Waals surface area contributed by atoms with Gasteiger partial charge in [-0.3, -0.25) is 9.59 Å². The lowest BCUT2D eigenvalue weighted by atomic mass is 10.2. The Bertz CT molecular complexity index is 895. The predicted octanol–water partition coefficient (Wildman–Crippen LogP) is 1.50. The summed E-state index contributed by atoms with van der Waals surface area (Å²) in [6.07, 6.45) is 0. The minimum Gasteiger partial charge on any atom is -0.300 e. The molecule has 0 atom stereocenters. The fourth-order valence-corrected chi connectivity index (χ4v) is 2.78. The van der Waals surface area contributed by atoms with E-state index in [1.165, 1.54) is 11.3 Å². The van der Waals surface area contributed by atoms with Crippen molar-refractivity contribution in [3.8, 4) is 0 Å². The van der Waals surface area contributed by atoms with Crippen LogP contribution < -0.4 is 10.9 Å². The second-order valence-electron chi connectivity index (χ2n) is 4.78. The topological polar surface area (TPSA) is 89.8 Å². The molecule has 0 saturated carbocycles. The van der Waals surface area contributed by atoms with E-state index < -0.39 is 0 Å². The highest BCUT2D eigenvalue weighted by atomic mass is 32.1. The molecule has 0 unspecified atom stereocenters. The molecule has 1 N–H and O–H groups in total. The second-order valence-corrected chi connectivity index (χ2v) is 5.98. The summed E-state index contributed by atoms with van der Waals surface area (Å²) in [5, 5.41) is 11.3. The first-order valence-corrected chi connectivity index (χ1v) is 7.42. The number of hydrogen-bond acceptors (Lipinski definition) is 6. The van der Waals surface area contributed by atoms with Gasteiger partial charge in [-0.2, -0.15) is 0 Å². The van der Waals surface area contributed by atoms with Crippen LogP contribution in [0.2, 0.25) is 0 Å². The number of rotatable bonds is 3. The molecule has 1 amide bonds. The van der Waals surface area contributed by atoms with Crippen molar-refractivity contribution in [3.63, 3.8) is 0 Å². The van der Waals surface area contributed by atoms with Crippen LogP contribution in [0.5, 0.6) is 0 Å². The molecule has 0 aliphatic rings. The maximum atomic E-state index is 12.2. The number of thiazole rings is 1. The first-order valence-electron chi connectivity index (χ1n) is 6.61. The lowest BCUT2D eigenvalue weighted by molar-refractivity contribution is -0.117. The maximum absolute atomic E-state index is 12.2. The van der Waals surface area contributed by atoms with Gasteiger partial charge in [0.15, 0.2) is 5.13 Å². The first kappa shape index (κ1) is 14.3. The van der Waals surface area contributed by atoms with E-state index >= 15 is 0 Å². The Morgan fingerprint density at radius 2 is 2.09 bits per heavy atom. The lowest BCUT2D eigenvalue weighted by Crippen LogP contribution is -2.30. The molecule has 0 bridgehead atoms. The molecule has 0 saturated heterocycles. The molecular weight excluding hydrogens is 302 g/mol. The number of carbonyl (C=O) groups excluding carboxylic acids is 1. The Morgan fingerprint density at radius 3 is 2.82 bits per heavy atom. The highest BCUT2D eigenvalue weighted by Gasteiger charge is 2.11. The van der Waals surface area contributed by atoms with Crippen LogP contribution in [0.1, 0.15) is 10.6 Å². The summed E-state index contributed by atoms with van der Waals surface area (Å²) in [5.74, 6) is -0.361. The molecule has 0 fully saturated rings. The van der Waals surface area contributed by atoms with E-state index in [1.807, 2.05) is 13.8 Å². The molecule has 2 heterocycles. The second kappa shape index (κ2) is 5.64. The minimum atomic E-state index is -0.361. The molecule has 0 aliphatic heterocycles. The van der Waals surface area contributed by atoms with Gasteiger partial charge in [-0.15, -0.1) is 16.4 Å². The van der Waals surface area contributed by atoms with Crippen LogP contribution >= 0.6 is 11.3 Å². The number of anilines is 1. The number of nitrogens with zero attached hydrogens (tertiary/aromatic N) is 4. The third kappa shape index (κ3) is 2.73. The number of aromatic nitrogens is 4. The van der Waals surface area contributed by atoms with Crippen LogP contribution in [0, 0.1) is 13.8 Å². The third-order valence-corrected chi connectivity index (χ3v) is 4.19. The van der Waals surface area contributed by atoms with Gasteiger partial charge in [-0.25, -0.2) is 9.67 Å². The first-order chi connectivity index (χ1) is 10.5. The molecule has 0 aliphatic carbocycles. The van der Waals surface area contributed by atoms with Gasteiger partial charge in [0.1, 0.15) is 12.1 Å². The standard InChI is InChI=1S/C14H13N5O2S/c1-8-9(2)22-14(15-8)16-12(20)7-19-13(21)10-5-3-4-6-11(10)17-18-19/h3-6H,7H2,1-2H3,(H,15,16,20). The van der Waals surface area contributed by atoms with Crippen LogP contribution in [0.15, 0.2) is 29.1 Å². The molecule has 8 heteroatoms. The molecule has 0 radical (unpaired) electrons. The average molecular weight is 315 g/mol. The molecule has 3 rings (SSSR count). The summed E-state index contributed by atoms with van der Waals surface area (Å²) in [7, 11) is 0. The highest BCUT2D eigenvalue weighted by molar-refractivity contribution is 7.15. The maximum Gasteiger partial charge on any atom is 0.278 e. The molecule has 22 heavy (non-hydrogen) atoms. The van der Waals surface area contributed by atoms with E-state index in [0.717, 1.165) is 15.3 Å². The number of carbonyl (C=O) groups is 1. The zero-order valence-electron chi connectivity index (χ0n) is 12.0. The minimum absolute atomic E-state index is 0.200. The molecule has 7 nitrogen and oxygen atoms in total. The molecule has 1 aromatic carbocycles. The number of benzene rings is 1. The normalized spacial score (nSPS) is 10.8. The van der Waals surface area contributed by atoms with E-state index in [9.17, 15) is 9.59 Å². The summed E-state index contributed by atoms with van der Waals surface area (Å²) < 4.78 is 1.05. The van der Waals surface area contributed by atoms with Gasteiger partial charge in [0, 0.05) is 4.88 Å². The van der Waals surface area contributed by atoms with Crippen LogP contribution in [0.4, 0.5) is 5.13 Å². The number of aryl methyl sites for hydroxylation is 2. The molecule has 3 aromatic rings. The number of nitrogens with one attached hydrogen (secondary N) is 1. The quantitative estimate of drug-likeness (QED) is 0.791. The molecule has 0 spiro atoms. The zero-order valence-corrected chi connectivity index (χ0v) is 12.8. The van der Waals surface area contributed by atoms with Gasteiger partial charge in [0.05, 0.1) is 11.1 Å². The van der Waals surface area contributed by atoms with Gasteiger partial charge in [0.2, 0.25) is 5.91 Å². The van der Waals surface area contributed by atoms with E-state index in [4.69, 9.17) is 0 Å². The fourth-order valence-electron chi connectivity index (χ4n) is 1.95.